The van der Waals surface area contributed by atoms with E-state index in [0.717, 1.165) is 4.90 Å². The molecule has 6 heteroatoms. The summed E-state index contributed by atoms with van der Waals surface area (Å²) in [5.41, 5.74) is 2.05. The van der Waals surface area contributed by atoms with E-state index in [-0.39, 0.29) is 5.91 Å². The van der Waals surface area contributed by atoms with Crippen molar-refractivity contribution in [3.63, 3.8) is 0 Å². The van der Waals surface area contributed by atoms with Gasteiger partial charge in [0.05, 0.1) is 23.9 Å². The van der Waals surface area contributed by atoms with Crippen LogP contribution in [0.5, 0.6) is 5.75 Å². The minimum Gasteiger partial charge on any atom is -0.494 e. The molecule has 3 aromatic rings. The standard InChI is InChI=1S/C22H16N2O4/c1-28-19-13-15(23-20(25)14-7-3-2-4-8-14)11-12-18(19)24-21(26)16-9-5-6-10-17(16)22(24)27/h2-13H,1H3,(H,23,25). The summed E-state index contributed by atoms with van der Waals surface area (Å²) in [6, 6.07) is 20.3. The number of nitrogens with one attached hydrogen (secondary N) is 1. The molecule has 4 rings (SSSR count). The molecule has 138 valence electrons. The number of benzene rings is 3. The van der Waals surface area contributed by atoms with E-state index < -0.39 is 11.8 Å². The molecule has 0 atom stereocenters. The van der Waals surface area contributed by atoms with E-state index in [4.69, 9.17) is 4.74 Å². The molecule has 1 aliphatic heterocycles. The molecule has 0 radical (unpaired) electrons. The third kappa shape index (κ3) is 2.91. The van der Waals surface area contributed by atoms with E-state index >= 15 is 0 Å². The topological polar surface area (TPSA) is 75.7 Å². The van der Waals surface area contributed by atoms with Gasteiger partial charge in [0.2, 0.25) is 0 Å². The fourth-order valence-electron chi connectivity index (χ4n) is 3.14. The summed E-state index contributed by atoms with van der Waals surface area (Å²) in [7, 11) is 1.44. The Balaban J connectivity index is 1.64. The van der Waals surface area contributed by atoms with Gasteiger partial charge in [-0.05, 0) is 36.4 Å². The van der Waals surface area contributed by atoms with E-state index in [9.17, 15) is 14.4 Å². The Kier molecular flexibility index (Phi) is 4.37. The molecule has 3 aromatic carbocycles. The number of ether oxygens (including phenoxy) is 1. The fraction of sp³-hybridized carbons (Fsp3) is 0.0455. The zero-order chi connectivity index (χ0) is 19.7. The Hall–Kier alpha value is -3.93. The Bertz CT molecular complexity index is 1060. The number of hydrogen-bond acceptors (Lipinski definition) is 4. The minimum atomic E-state index is -0.403. The number of amides is 3. The number of hydrogen-bond donors (Lipinski definition) is 1. The molecule has 0 aromatic heterocycles. The monoisotopic (exact) mass is 372 g/mol. The molecule has 0 saturated heterocycles. The molecule has 1 N–H and O–H groups in total. The van der Waals surface area contributed by atoms with Gasteiger partial charge >= 0.3 is 0 Å². The molecule has 1 aliphatic rings. The van der Waals surface area contributed by atoms with Crippen molar-refractivity contribution in [2.45, 2.75) is 0 Å². The summed E-state index contributed by atoms with van der Waals surface area (Å²) in [4.78, 5) is 38.8. The lowest BCUT2D eigenvalue weighted by atomic mass is 10.1. The molecule has 0 unspecified atom stereocenters. The van der Waals surface area contributed by atoms with Crippen LogP contribution in [0.25, 0.3) is 0 Å². The van der Waals surface area contributed by atoms with Crippen LogP contribution in [-0.2, 0) is 0 Å². The van der Waals surface area contributed by atoms with Gasteiger partial charge in [-0.2, -0.15) is 0 Å². The van der Waals surface area contributed by atoms with Crippen LogP contribution in [-0.4, -0.2) is 24.8 Å². The van der Waals surface area contributed by atoms with Crippen LogP contribution >= 0.6 is 0 Å². The summed E-state index contributed by atoms with van der Waals surface area (Å²) in [6.45, 7) is 0. The van der Waals surface area contributed by atoms with Crippen LogP contribution < -0.4 is 15.0 Å². The first kappa shape index (κ1) is 17.5. The van der Waals surface area contributed by atoms with Crippen molar-refractivity contribution in [1.82, 2.24) is 0 Å². The maximum atomic E-state index is 12.7. The first-order valence-corrected chi connectivity index (χ1v) is 8.62. The summed E-state index contributed by atoms with van der Waals surface area (Å²) in [5, 5.41) is 2.78. The molecule has 0 bridgehead atoms. The fourth-order valence-corrected chi connectivity index (χ4v) is 3.14. The van der Waals surface area contributed by atoms with Crippen molar-refractivity contribution < 1.29 is 19.1 Å². The predicted molar refractivity (Wildman–Crippen MR) is 105 cm³/mol. The molecule has 6 nitrogen and oxygen atoms in total. The maximum absolute atomic E-state index is 12.7. The number of anilines is 2. The van der Waals surface area contributed by atoms with Crippen molar-refractivity contribution in [3.8, 4) is 5.75 Å². The molecule has 28 heavy (non-hydrogen) atoms. The summed E-state index contributed by atoms with van der Waals surface area (Å²) < 4.78 is 5.38. The Morgan fingerprint density at radius 3 is 2.07 bits per heavy atom. The number of rotatable bonds is 4. The number of methoxy groups -OCH3 is 1. The Labute approximate surface area is 161 Å². The Morgan fingerprint density at radius 1 is 0.857 bits per heavy atom. The second-order valence-corrected chi connectivity index (χ2v) is 6.20. The molecular formula is C22H16N2O4. The second kappa shape index (κ2) is 7.00. The lowest BCUT2D eigenvalue weighted by Crippen LogP contribution is -2.29. The van der Waals surface area contributed by atoms with Gasteiger partial charge in [-0.25, -0.2) is 4.90 Å². The third-order valence-electron chi connectivity index (χ3n) is 4.51. The largest absolute Gasteiger partial charge is 0.494 e. The van der Waals surface area contributed by atoms with Gasteiger partial charge in [0.15, 0.2) is 0 Å². The molecule has 0 aliphatic carbocycles. The van der Waals surface area contributed by atoms with E-state index in [2.05, 4.69) is 5.32 Å². The van der Waals surface area contributed by atoms with Gasteiger partial charge < -0.3 is 10.1 Å². The molecule has 3 amide bonds. The highest BCUT2D eigenvalue weighted by Crippen LogP contribution is 2.36. The predicted octanol–water partition coefficient (Wildman–Crippen LogP) is 3.75. The van der Waals surface area contributed by atoms with Gasteiger partial charge in [-0.1, -0.05) is 30.3 Å². The van der Waals surface area contributed by atoms with Gasteiger partial charge in [-0.3, -0.25) is 14.4 Å². The normalized spacial score (nSPS) is 12.7. The number of carbonyl (C=O) groups is 3. The summed E-state index contributed by atoms with van der Waals surface area (Å²) >= 11 is 0. The second-order valence-electron chi connectivity index (χ2n) is 6.20. The summed E-state index contributed by atoms with van der Waals surface area (Å²) in [5.74, 6) is -0.767. The Morgan fingerprint density at radius 2 is 1.46 bits per heavy atom. The van der Waals surface area contributed by atoms with Crippen molar-refractivity contribution >= 4 is 29.1 Å². The highest BCUT2D eigenvalue weighted by atomic mass is 16.5. The number of carbonyl (C=O) groups excluding carboxylic acids is 3. The lowest BCUT2D eigenvalue weighted by molar-refractivity contribution is 0.0923. The lowest BCUT2D eigenvalue weighted by Gasteiger charge is -2.18. The molecule has 0 fully saturated rings. The van der Waals surface area contributed by atoms with Gasteiger partial charge in [-0.15, -0.1) is 0 Å². The van der Waals surface area contributed by atoms with Crippen LogP contribution in [0.1, 0.15) is 31.1 Å². The van der Waals surface area contributed by atoms with Crippen molar-refractivity contribution in [1.29, 1.82) is 0 Å². The van der Waals surface area contributed by atoms with Crippen LogP contribution in [0.2, 0.25) is 0 Å². The van der Waals surface area contributed by atoms with Crippen LogP contribution in [0, 0.1) is 0 Å². The minimum absolute atomic E-state index is 0.267. The SMILES string of the molecule is COc1cc(NC(=O)c2ccccc2)ccc1N1C(=O)c2ccccc2C1=O. The quantitative estimate of drug-likeness (QED) is 0.708. The third-order valence-corrected chi connectivity index (χ3v) is 4.51. The van der Waals surface area contributed by atoms with E-state index in [1.165, 1.54) is 7.11 Å². The van der Waals surface area contributed by atoms with Crippen molar-refractivity contribution in [2.75, 3.05) is 17.3 Å². The van der Waals surface area contributed by atoms with Gasteiger partial charge in [0.25, 0.3) is 17.7 Å². The van der Waals surface area contributed by atoms with E-state index in [1.54, 1.807) is 66.7 Å². The maximum Gasteiger partial charge on any atom is 0.266 e. The number of fused-ring (bicyclic) bond motifs is 1. The van der Waals surface area contributed by atoms with E-state index in [0.29, 0.717) is 33.8 Å². The van der Waals surface area contributed by atoms with Crippen LogP contribution in [0.15, 0.2) is 72.8 Å². The number of nitrogens with zero attached hydrogens (tertiary/aromatic N) is 1. The molecular weight excluding hydrogens is 356 g/mol. The van der Waals surface area contributed by atoms with Gasteiger partial charge in [0, 0.05) is 17.3 Å². The zero-order valence-corrected chi connectivity index (χ0v) is 15.0. The molecule has 1 heterocycles. The highest BCUT2D eigenvalue weighted by Gasteiger charge is 2.37. The van der Waals surface area contributed by atoms with Gasteiger partial charge in [0.1, 0.15) is 5.75 Å². The number of imide groups is 1. The highest BCUT2D eigenvalue weighted by molar-refractivity contribution is 6.34. The summed E-state index contributed by atoms with van der Waals surface area (Å²) in [6.07, 6.45) is 0. The van der Waals surface area contributed by atoms with E-state index in [1.807, 2.05) is 6.07 Å². The first-order chi connectivity index (χ1) is 13.6. The average Bonchev–Trinajstić information content (AvgIpc) is 2.99. The zero-order valence-electron chi connectivity index (χ0n) is 15.0. The smallest absolute Gasteiger partial charge is 0.266 e. The molecule has 0 spiro atoms. The average molecular weight is 372 g/mol. The van der Waals surface area contributed by atoms with Crippen LogP contribution in [0.3, 0.4) is 0 Å². The molecule has 0 saturated carbocycles. The van der Waals surface area contributed by atoms with Crippen molar-refractivity contribution in [3.05, 3.63) is 89.5 Å². The van der Waals surface area contributed by atoms with Crippen molar-refractivity contribution in [2.24, 2.45) is 0 Å². The van der Waals surface area contributed by atoms with Crippen LogP contribution in [0.4, 0.5) is 11.4 Å². The first-order valence-electron chi connectivity index (χ1n) is 8.62.